The summed E-state index contributed by atoms with van der Waals surface area (Å²) >= 11 is 0. The summed E-state index contributed by atoms with van der Waals surface area (Å²) in [6.07, 6.45) is 4.38. The van der Waals surface area contributed by atoms with Gasteiger partial charge in [0.25, 0.3) is 0 Å². The van der Waals surface area contributed by atoms with Gasteiger partial charge in [-0.25, -0.2) is 0 Å². The molecule has 0 aliphatic heterocycles. The van der Waals surface area contributed by atoms with E-state index in [0.717, 1.165) is 0 Å². The fourth-order valence-electron chi connectivity index (χ4n) is 2.90. The molecule has 2 unspecified atom stereocenters. The van der Waals surface area contributed by atoms with Crippen LogP contribution in [-0.4, -0.2) is 0 Å². The zero-order valence-electron chi connectivity index (χ0n) is 14.3. The summed E-state index contributed by atoms with van der Waals surface area (Å²) in [5.41, 5.74) is 3.62. The fraction of sp³-hybridized carbons (Fsp3) is 0.778. The summed E-state index contributed by atoms with van der Waals surface area (Å²) < 4.78 is 0. The van der Waals surface area contributed by atoms with Crippen molar-refractivity contribution in [3.8, 4) is 0 Å². The van der Waals surface area contributed by atoms with Crippen molar-refractivity contribution in [3.05, 3.63) is 23.3 Å². The first-order valence-electron chi connectivity index (χ1n) is 7.23. The number of rotatable bonds is 3. The van der Waals surface area contributed by atoms with Crippen LogP contribution in [0.1, 0.15) is 69.2 Å². The highest BCUT2D eigenvalue weighted by atomic mass is 14.4. The van der Waals surface area contributed by atoms with Crippen LogP contribution < -0.4 is 0 Å². The minimum Gasteiger partial charge on any atom is -0.0874 e. The Bertz CT molecular complexity index is 315. The lowest BCUT2D eigenvalue weighted by molar-refractivity contribution is 0.111. The summed E-state index contributed by atoms with van der Waals surface area (Å²) in [4.78, 5) is 0. The van der Waals surface area contributed by atoms with E-state index in [-0.39, 0.29) is 0 Å². The molecule has 0 aromatic heterocycles. The highest BCUT2D eigenvalue weighted by Gasteiger charge is 2.37. The predicted octanol–water partition coefficient (Wildman–Crippen LogP) is 6.24. The van der Waals surface area contributed by atoms with Crippen LogP contribution in [0.15, 0.2) is 23.3 Å². The Morgan fingerprint density at radius 3 is 1.61 bits per heavy atom. The molecule has 0 spiro atoms. The molecule has 0 heterocycles. The van der Waals surface area contributed by atoms with Crippen molar-refractivity contribution in [3.63, 3.8) is 0 Å². The molecule has 106 valence electrons. The summed E-state index contributed by atoms with van der Waals surface area (Å²) in [7, 11) is 0. The van der Waals surface area contributed by atoms with E-state index in [2.05, 4.69) is 81.4 Å². The molecule has 0 fully saturated rings. The lowest BCUT2D eigenvalue weighted by Crippen LogP contribution is -2.35. The largest absolute Gasteiger partial charge is 0.0874 e. The molecule has 0 aliphatic carbocycles. The standard InChI is InChI=1S/C18H34/c1-11-12-13(2)14(3)16(18(8,9)10)15(4)17(5,6)7/h11-12,15-16H,1-10H3. The van der Waals surface area contributed by atoms with Gasteiger partial charge in [-0.1, -0.05) is 71.8 Å². The minimum atomic E-state index is 0.305. The average Bonchev–Trinajstić information content (AvgIpc) is 2.14. The molecule has 0 rings (SSSR count). The Morgan fingerprint density at radius 2 is 1.33 bits per heavy atom. The number of hydrogen-bond acceptors (Lipinski definition) is 0. The summed E-state index contributed by atoms with van der Waals surface area (Å²) in [6, 6.07) is 0. The van der Waals surface area contributed by atoms with Crippen LogP contribution in [0.2, 0.25) is 0 Å². The number of allylic oxidation sites excluding steroid dienone is 4. The van der Waals surface area contributed by atoms with Gasteiger partial charge in [-0.05, 0) is 43.4 Å². The maximum absolute atomic E-state index is 2.41. The monoisotopic (exact) mass is 250 g/mol. The Labute approximate surface area is 116 Å². The SMILES string of the molecule is CC=CC(C)=C(C)C(C(C)C(C)(C)C)C(C)(C)C. The first-order valence-corrected chi connectivity index (χ1v) is 7.23. The second-order valence-corrected chi connectivity index (χ2v) is 7.86. The van der Waals surface area contributed by atoms with Crippen LogP contribution in [0.3, 0.4) is 0 Å². The van der Waals surface area contributed by atoms with E-state index in [1.54, 1.807) is 5.57 Å². The molecular weight excluding hydrogens is 216 g/mol. The van der Waals surface area contributed by atoms with E-state index in [4.69, 9.17) is 0 Å². The predicted molar refractivity (Wildman–Crippen MR) is 84.8 cm³/mol. The van der Waals surface area contributed by atoms with Gasteiger partial charge in [0.15, 0.2) is 0 Å². The third kappa shape index (κ3) is 4.63. The maximum Gasteiger partial charge on any atom is -0.0121 e. The van der Waals surface area contributed by atoms with Crippen LogP contribution in [-0.2, 0) is 0 Å². The Balaban J connectivity index is 5.61. The molecular formula is C18H34. The van der Waals surface area contributed by atoms with Gasteiger partial charge in [0.2, 0.25) is 0 Å². The van der Waals surface area contributed by atoms with E-state index < -0.39 is 0 Å². The molecule has 18 heavy (non-hydrogen) atoms. The lowest BCUT2D eigenvalue weighted by atomic mass is 9.62. The highest BCUT2D eigenvalue weighted by Crippen LogP contribution is 2.45. The van der Waals surface area contributed by atoms with Gasteiger partial charge >= 0.3 is 0 Å². The zero-order chi connectivity index (χ0) is 14.7. The Hall–Kier alpha value is -0.520. The van der Waals surface area contributed by atoms with Crippen LogP contribution >= 0.6 is 0 Å². The summed E-state index contributed by atoms with van der Waals surface area (Å²) in [5, 5.41) is 0. The Morgan fingerprint density at radius 1 is 0.889 bits per heavy atom. The fourth-order valence-corrected chi connectivity index (χ4v) is 2.90. The van der Waals surface area contributed by atoms with Gasteiger partial charge < -0.3 is 0 Å². The molecule has 2 atom stereocenters. The van der Waals surface area contributed by atoms with E-state index in [0.29, 0.717) is 22.7 Å². The van der Waals surface area contributed by atoms with E-state index >= 15 is 0 Å². The van der Waals surface area contributed by atoms with Gasteiger partial charge in [0.05, 0.1) is 0 Å². The second-order valence-electron chi connectivity index (χ2n) is 7.86. The summed E-state index contributed by atoms with van der Waals surface area (Å²) in [5.74, 6) is 1.28. The van der Waals surface area contributed by atoms with Crippen molar-refractivity contribution in [2.24, 2.45) is 22.7 Å². The van der Waals surface area contributed by atoms with Crippen molar-refractivity contribution >= 4 is 0 Å². The molecule has 0 aromatic rings. The quantitative estimate of drug-likeness (QED) is 0.520. The van der Waals surface area contributed by atoms with Gasteiger partial charge in [0.1, 0.15) is 0 Å². The number of hydrogen-bond donors (Lipinski definition) is 0. The highest BCUT2D eigenvalue weighted by molar-refractivity contribution is 5.25. The van der Waals surface area contributed by atoms with E-state index in [1.165, 1.54) is 5.57 Å². The smallest absolute Gasteiger partial charge is 0.0121 e. The van der Waals surface area contributed by atoms with E-state index in [9.17, 15) is 0 Å². The third-order valence-electron chi connectivity index (χ3n) is 4.30. The first kappa shape index (κ1) is 17.5. The molecule has 0 amide bonds. The molecule has 0 saturated heterocycles. The molecule has 0 aromatic carbocycles. The van der Waals surface area contributed by atoms with Crippen LogP contribution in [0.5, 0.6) is 0 Å². The molecule has 0 saturated carbocycles. The molecule has 0 N–H and O–H groups in total. The zero-order valence-corrected chi connectivity index (χ0v) is 14.3. The molecule has 0 heteroatoms. The lowest BCUT2D eigenvalue weighted by Gasteiger charge is -2.43. The topological polar surface area (TPSA) is 0 Å². The molecule has 0 bridgehead atoms. The van der Waals surface area contributed by atoms with Gasteiger partial charge in [0, 0.05) is 0 Å². The molecule has 0 radical (unpaired) electrons. The van der Waals surface area contributed by atoms with Crippen LogP contribution in [0, 0.1) is 22.7 Å². The Kier molecular flexibility index (Phi) is 5.91. The van der Waals surface area contributed by atoms with Crippen molar-refractivity contribution in [1.82, 2.24) is 0 Å². The van der Waals surface area contributed by atoms with Crippen molar-refractivity contribution in [2.45, 2.75) is 69.2 Å². The van der Waals surface area contributed by atoms with Crippen molar-refractivity contribution in [1.29, 1.82) is 0 Å². The molecule has 0 nitrogen and oxygen atoms in total. The normalized spacial score (nSPS) is 18.8. The van der Waals surface area contributed by atoms with Crippen molar-refractivity contribution < 1.29 is 0 Å². The van der Waals surface area contributed by atoms with Gasteiger partial charge in [-0.2, -0.15) is 0 Å². The second kappa shape index (κ2) is 6.08. The van der Waals surface area contributed by atoms with Crippen molar-refractivity contribution in [2.75, 3.05) is 0 Å². The third-order valence-corrected chi connectivity index (χ3v) is 4.30. The molecule has 0 aliphatic rings. The maximum atomic E-state index is 2.41. The first-order chi connectivity index (χ1) is 7.92. The van der Waals surface area contributed by atoms with Crippen LogP contribution in [0.25, 0.3) is 0 Å². The van der Waals surface area contributed by atoms with E-state index in [1.807, 2.05) is 0 Å². The minimum absolute atomic E-state index is 0.305. The summed E-state index contributed by atoms with van der Waals surface area (Å²) in [6.45, 7) is 23.2. The van der Waals surface area contributed by atoms with Gasteiger partial charge in [-0.3, -0.25) is 0 Å². The van der Waals surface area contributed by atoms with Gasteiger partial charge in [-0.15, -0.1) is 0 Å². The average molecular weight is 250 g/mol. The van der Waals surface area contributed by atoms with Crippen LogP contribution in [0.4, 0.5) is 0 Å².